The van der Waals surface area contributed by atoms with E-state index in [2.05, 4.69) is 0 Å². The molecule has 1 aromatic carbocycles. The number of ketones is 2. The van der Waals surface area contributed by atoms with Crippen molar-refractivity contribution in [2.75, 3.05) is 13.1 Å². The molecule has 0 aliphatic carbocycles. The summed E-state index contributed by atoms with van der Waals surface area (Å²) < 4.78 is 66.0. The lowest BCUT2D eigenvalue weighted by molar-refractivity contribution is -0.140. The van der Waals surface area contributed by atoms with Crippen LogP contribution in [0.4, 0.5) is 13.2 Å². The number of carbonyl (C=O) groups is 2. The van der Waals surface area contributed by atoms with Crippen LogP contribution in [0.5, 0.6) is 0 Å². The molecule has 1 atom stereocenters. The Balaban J connectivity index is 2.18. The van der Waals surface area contributed by atoms with Gasteiger partial charge in [-0.2, -0.15) is 22.7 Å². The number of Topliss-reactive ketones (excluding diaryl/α,β-unsaturated/α-hetero) is 2. The van der Waals surface area contributed by atoms with E-state index in [0.717, 1.165) is 16.4 Å². The van der Waals surface area contributed by atoms with E-state index in [1.54, 1.807) is 19.9 Å². The van der Waals surface area contributed by atoms with Crippen LogP contribution in [0.1, 0.15) is 32.3 Å². The molecule has 2 rings (SSSR count). The number of alkyl halides is 3. The molecule has 0 spiro atoms. The average molecular weight is 430 g/mol. The van der Waals surface area contributed by atoms with Crippen molar-refractivity contribution in [3.8, 4) is 6.07 Å². The Morgan fingerprint density at radius 1 is 1.17 bits per heavy atom. The first kappa shape index (κ1) is 23.0. The van der Waals surface area contributed by atoms with Gasteiger partial charge in [-0.05, 0) is 25.0 Å². The molecule has 1 aliphatic heterocycles. The second-order valence-corrected chi connectivity index (χ2v) is 9.10. The number of carbonyl (C=O) groups excluding carboxylic acids is 2. The summed E-state index contributed by atoms with van der Waals surface area (Å²) in [6.07, 6.45) is -4.75. The second kappa shape index (κ2) is 8.63. The molecule has 1 aromatic rings. The van der Waals surface area contributed by atoms with Crippen molar-refractivity contribution >= 4 is 21.6 Å². The maximum Gasteiger partial charge on any atom is 0.417 e. The molecule has 0 saturated carbocycles. The van der Waals surface area contributed by atoms with Gasteiger partial charge in [-0.25, -0.2) is 8.42 Å². The zero-order valence-corrected chi connectivity index (χ0v) is 16.8. The summed E-state index contributed by atoms with van der Waals surface area (Å²) in [6.45, 7) is 2.82. The number of nitriles is 1. The topological polar surface area (TPSA) is 95.3 Å². The Morgan fingerprint density at radius 3 is 2.21 bits per heavy atom. The number of halogens is 3. The highest BCUT2D eigenvalue weighted by Gasteiger charge is 2.41. The molecule has 1 heterocycles. The monoisotopic (exact) mass is 430 g/mol. The first-order valence-corrected chi connectivity index (χ1v) is 10.5. The van der Waals surface area contributed by atoms with Crippen LogP contribution in [-0.4, -0.2) is 37.4 Å². The van der Waals surface area contributed by atoms with E-state index >= 15 is 0 Å². The van der Waals surface area contributed by atoms with Crippen molar-refractivity contribution in [3.05, 3.63) is 29.8 Å². The molecule has 1 saturated heterocycles. The third kappa shape index (κ3) is 4.85. The Bertz CT molecular complexity index is 928. The Labute approximate surface area is 167 Å². The molecule has 0 bridgehead atoms. The zero-order chi connectivity index (χ0) is 22.0. The number of hydrogen-bond acceptors (Lipinski definition) is 5. The highest BCUT2D eigenvalue weighted by Crippen LogP contribution is 2.36. The van der Waals surface area contributed by atoms with Gasteiger partial charge in [0.2, 0.25) is 10.0 Å². The summed E-state index contributed by atoms with van der Waals surface area (Å²) in [5.41, 5.74) is -1.25. The van der Waals surface area contributed by atoms with E-state index in [-0.39, 0.29) is 25.9 Å². The first-order valence-electron chi connectivity index (χ1n) is 9.04. The molecule has 0 unspecified atom stereocenters. The van der Waals surface area contributed by atoms with E-state index in [0.29, 0.717) is 6.07 Å². The van der Waals surface area contributed by atoms with Gasteiger partial charge in [0.25, 0.3) is 0 Å². The summed E-state index contributed by atoms with van der Waals surface area (Å²) in [5, 5.41) is 9.18. The lowest BCUT2D eigenvalue weighted by Gasteiger charge is -2.31. The zero-order valence-electron chi connectivity index (χ0n) is 15.9. The minimum absolute atomic E-state index is 0.0375. The number of benzene rings is 1. The molecule has 0 radical (unpaired) electrons. The third-order valence-electron chi connectivity index (χ3n) is 4.93. The van der Waals surface area contributed by atoms with Gasteiger partial charge >= 0.3 is 6.18 Å². The van der Waals surface area contributed by atoms with Gasteiger partial charge in [-0.15, -0.1) is 0 Å². The Morgan fingerprint density at radius 2 is 1.72 bits per heavy atom. The molecular weight excluding hydrogens is 409 g/mol. The molecule has 6 nitrogen and oxygen atoms in total. The van der Waals surface area contributed by atoms with Crippen molar-refractivity contribution in [2.24, 2.45) is 17.8 Å². The summed E-state index contributed by atoms with van der Waals surface area (Å²) in [6, 6.07) is 5.65. The maximum atomic E-state index is 13.2. The number of piperidine rings is 1. The highest BCUT2D eigenvalue weighted by molar-refractivity contribution is 7.89. The van der Waals surface area contributed by atoms with Crippen LogP contribution in [0.25, 0.3) is 0 Å². The van der Waals surface area contributed by atoms with Gasteiger partial charge in [0, 0.05) is 24.9 Å². The van der Waals surface area contributed by atoms with E-state index in [1.807, 2.05) is 0 Å². The summed E-state index contributed by atoms with van der Waals surface area (Å²) in [7, 11) is -4.41. The van der Waals surface area contributed by atoms with Gasteiger partial charge in [0.05, 0.1) is 16.5 Å². The second-order valence-electron chi connectivity index (χ2n) is 7.19. The van der Waals surface area contributed by atoms with Crippen LogP contribution in [0.15, 0.2) is 29.2 Å². The highest BCUT2D eigenvalue weighted by atomic mass is 32.2. The number of hydrogen-bond donors (Lipinski definition) is 0. The molecule has 1 fully saturated rings. The average Bonchev–Trinajstić information content (AvgIpc) is 2.67. The van der Waals surface area contributed by atoms with Gasteiger partial charge in [0.15, 0.2) is 17.5 Å². The number of nitrogens with zero attached hydrogens (tertiary/aromatic N) is 2. The molecule has 29 heavy (non-hydrogen) atoms. The largest absolute Gasteiger partial charge is 0.417 e. The van der Waals surface area contributed by atoms with Crippen molar-refractivity contribution < 1.29 is 31.2 Å². The predicted molar refractivity (Wildman–Crippen MR) is 96.9 cm³/mol. The quantitative estimate of drug-likeness (QED) is 0.647. The van der Waals surface area contributed by atoms with E-state index in [4.69, 9.17) is 0 Å². The molecule has 10 heteroatoms. The lowest BCUT2D eigenvalue weighted by atomic mass is 9.82. The molecule has 0 aromatic heterocycles. The molecular formula is C19H21F3N2O4S. The van der Waals surface area contributed by atoms with Gasteiger partial charge in [0.1, 0.15) is 0 Å². The van der Waals surface area contributed by atoms with E-state index < -0.39 is 56.0 Å². The summed E-state index contributed by atoms with van der Waals surface area (Å²) >= 11 is 0. The summed E-state index contributed by atoms with van der Waals surface area (Å²) in [5.74, 6) is -3.64. The summed E-state index contributed by atoms with van der Waals surface area (Å²) in [4.78, 5) is 23.7. The maximum absolute atomic E-state index is 13.2. The van der Waals surface area contributed by atoms with Crippen molar-refractivity contribution in [2.45, 2.75) is 37.8 Å². The fraction of sp³-hybridized carbons (Fsp3) is 0.526. The van der Waals surface area contributed by atoms with Crippen LogP contribution in [0, 0.1) is 29.1 Å². The molecule has 0 amide bonds. The fourth-order valence-corrected chi connectivity index (χ4v) is 4.96. The van der Waals surface area contributed by atoms with E-state index in [9.17, 15) is 36.4 Å². The van der Waals surface area contributed by atoms with Crippen LogP contribution < -0.4 is 0 Å². The molecule has 1 aliphatic rings. The first-order chi connectivity index (χ1) is 13.4. The Kier molecular flexibility index (Phi) is 6.86. The Hall–Kier alpha value is -2.25. The minimum Gasteiger partial charge on any atom is -0.297 e. The van der Waals surface area contributed by atoms with Gasteiger partial charge in [-0.3, -0.25) is 9.59 Å². The van der Waals surface area contributed by atoms with Crippen LogP contribution >= 0.6 is 0 Å². The normalized spacial score (nSPS) is 17.7. The van der Waals surface area contributed by atoms with Crippen molar-refractivity contribution in [1.82, 2.24) is 4.31 Å². The van der Waals surface area contributed by atoms with Crippen molar-refractivity contribution in [1.29, 1.82) is 5.26 Å². The molecule has 158 valence electrons. The van der Waals surface area contributed by atoms with Gasteiger partial charge < -0.3 is 0 Å². The SMILES string of the molecule is CC(C)C(=O)[C@@H](C#N)C(=O)C1CCN(S(=O)(=O)c2ccccc2C(F)(F)F)CC1. The minimum atomic E-state index is -4.82. The number of sulfonamides is 1. The fourth-order valence-electron chi connectivity index (χ4n) is 3.28. The van der Waals surface area contributed by atoms with Crippen LogP contribution in [0.2, 0.25) is 0 Å². The molecule has 0 N–H and O–H groups in total. The third-order valence-corrected chi connectivity index (χ3v) is 6.89. The van der Waals surface area contributed by atoms with Crippen LogP contribution in [-0.2, 0) is 25.8 Å². The standard InChI is InChI=1S/C19H21F3N2O4S/c1-12(2)17(25)14(11-23)18(26)13-7-9-24(10-8-13)29(27,28)16-6-4-3-5-15(16)19(20,21)22/h3-6,12-14H,7-10H2,1-2H3/t14-/m1/s1. The van der Waals surface area contributed by atoms with Gasteiger partial charge in [-0.1, -0.05) is 26.0 Å². The number of rotatable bonds is 6. The van der Waals surface area contributed by atoms with E-state index in [1.165, 1.54) is 6.07 Å². The van der Waals surface area contributed by atoms with Crippen LogP contribution in [0.3, 0.4) is 0 Å². The predicted octanol–water partition coefficient (Wildman–Crippen LogP) is 3.04. The van der Waals surface area contributed by atoms with Crippen molar-refractivity contribution in [3.63, 3.8) is 0 Å². The lowest BCUT2D eigenvalue weighted by Crippen LogP contribution is -2.42. The smallest absolute Gasteiger partial charge is 0.297 e.